The van der Waals surface area contributed by atoms with Gasteiger partial charge in [-0.05, 0) is 31.0 Å². The van der Waals surface area contributed by atoms with E-state index in [4.69, 9.17) is 0 Å². The second-order valence-electron chi connectivity index (χ2n) is 3.19. The zero-order valence-electron chi connectivity index (χ0n) is 7.41. The van der Waals surface area contributed by atoms with Gasteiger partial charge in [0.2, 0.25) is 0 Å². The average Bonchev–Trinajstić information content (AvgIpc) is 2.44. The van der Waals surface area contributed by atoms with Gasteiger partial charge >= 0.3 is 0 Å². The molecule has 0 radical (unpaired) electrons. The van der Waals surface area contributed by atoms with Crippen LogP contribution < -0.4 is 0 Å². The van der Waals surface area contributed by atoms with Gasteiger partial charge in [-0.2, -0.15) is 0 Å². The molecule has 1 heterocycles. The first kappa shape index (κ1) is 9.28. The second-order valence-corrected chi connectivity index (χ2v) is 4.90. The van der Waals surface area contributed by atoms with E-state index in [0.29, 0.717) is 0 Å². The van der Waals surface area contributed by atoms with Crippen molar-refractivity contribution in [1.82, 2.24) is 4.98 Å². The van der Waals surface area contributed by atoms with Crippen LogP contribution in [-0.4, -0.2) is 4.98 Å². The lowest BCUT2D eigenvalue weighted by atomic mass is 10.1. The Morgan fingerprint density at radius 3 is 2.54 bits per heavy atom. The Labute approximate surface area is 93.8 Å². The molecule has 68 valence electrons. The van der Waals surface area contributed by atoms with Gasteiger partial charge < -0.3 is 4.98 Å². The molecule has 0 saturated heterocycles. The fourth-order valence-corrected chi connectivity index (χ4v) is 3.01. The van der Waals surface area contributed by atoms with Gasteiger partial charge in [0.15, 0.2) is 0 Å². The summed E-state index contributed by atoms with van der Waals surface area (Å²) < 4.78 is 2.27. The third-order valence-electron chi connectivity index (χ3n) is 2.30. The molecule has 0 amide bonds. The quantitative estimate of drug-likeness (QED) is 0.746. The predicted molar refractivity (Wildman–Crippen MR) is 63.2 cm³/mol. The fourth-order valence-electron chi connectivity index (χ4n) is 1.54. The van der Waals surface area contributed by atoms with Crippen molar-refractivity contribution in [1.29, 1.82) is 0 Å². The van der Waals surface area contributed by atoms with Gasteiger partial charge in [0.05, 0.1) is 5.52 Å². The van der Waals surface area contributed by atoms with Gasteiger partial charge in [-0.1, -0.05) is 31.9 Å². The smallest absolute Gasteiger partial charge is 0.0509 e. The van der Waals surface area contributed by atoms with Gasteiger partial charge in [-0.25, -0.2) is 0 Å². The summed E-state index contributed by atoms with van der Waals surface area (Å²) in [5, 5.41) is 1.28. The lowest BCUT2D eigenvalue weighted by Crippen LogP contribution is -1.80. The van der Waals surface area contributed by atoms with E-state index in [0.717, 1.165) is 8.95 Å². The van der Waals surface area contributed by atoms with Crippen molar-refractivity contribution in [2.75, 3.05) is 0 Å². The van der Waals surface area contributed by atoms with Crippen LogP contribution in [0.3, 0.4) is 0 Å². The fraction of sp³-hybridized carbons (Fsp3) is 0.200. The van der Waals surface area contributed by atoms with Crippen LogP contribution in [0.15, 0.2) is 21.2 Å². The average molecular weight is 303 g/mol. The van der Waals surface area contributed by atoms with Crippen LogP contribution in [0.25, 0.3) is 10.9 Å². The van der Waals surface area contributed by atoms with Crippen LogP contribution in [-0.2, 0) is 0 Å². The first-order valence-electron chi connectivity index (χ1n) is 4.03. The number of hydrogen-bond donors (Lipinski definition) is 1. The molecule has 13 heavy (non-hydrogen) atoms. The van der Waals surface area contributed by atoms with Crippen molar-refractivity contribution in [2.24, 2.45) is 0 Å². The molecule has 0 fully saturated rings. The largest absolute Gasteiger partial charge is 0.361 e. The number of aromatic amines is 1. The summed E-state index contributed by atoms with van der Waals surface area (Å²) in [4.78, 5) is 3.28. The third kappa shape index (κ3) is 1.34. The van der Waals surface area contributed by atoms with Gasteiger partial charge in [-0.3, -0.25) is 0 Å². The first-order valence-corrected chi connectivity index (χ1v) is 5.62. The summed E-state index contributed by atoms with van der Waals surface area (Å²) in [6, 6.07) is 2.10. The maximum absolute atomic E-state index is 3.56. The molecular weight excluding hydrogens is 294 g/mol. The molecule has 0 unspecified atom stereocenters. The summed E-state index contributed by atoms with van der Waals surface area (Å²) in [5.74, 6) is 0. The minimum Gasteiger partial charge on any atom is -0.361 e. The van der Waals surface area contributed by atoms with Crippen LogP contribution >= 0.6 is 31.9 Å². The number of H-pyrrole nitrogens is 1. The third-order valence-corrected chi connectivity index (χ3v) is 3.75. The number of hydrogen-bond acceptors (Lipinski definition) is 0. The molecule has 0 atom stereocenters. The Morgan fingerprint density at radius 2 is 1.85 bits per heavy atom. The number of halogens is 2. The maximum atomic E-state index is 3.56. The molecule has 1 aromatic carbocycles. The number of aromatic nitrogens is 1. The van der Waals surface area contributed by atoms with Crippen molar-refractivity contribution >= 4 is 42.8 Å². The number of rotatable bonds is 0. The van der Waals surface area contributed by atoms with Crippen molar-refractivity contribution < 1.29 is 0 Å². The molecule has 3 heteroatoms. The number of benzene rings is 1. The summed E-state index contributed by atoms with van der Waals surface area (Å²) in [7, 11) is 0. The minimum atomic E-state index is 1.13. The Bertz CT molecular complexity index is 471. The molecule has 2 aromatic rings. The summed E-state index contributed by atoms with van der Waals surface area (Å²) >= 11 is 7.09. The van der Waals surface area contributed by atoms with E-state index in [1.165, 1.54) is 22.0 Å². The Hall–Kier alpha value is -0.280. The molecule has 0 bridgehead atoms. The Kier molecular flexibility index (Phi) is 2.24. The van der Waals surface area contributed by atoms with E-state index in [9.17, 15) is 0 Å². The summed E-state index contributed by atoms with van der Waals surface area (Å²) in [6.07, 6.45) is 2.04. The highest BCUT2D eigenvalue weighted by Crippen LogP contribution is 2.33. The molecule has 1 N–H and O–H groups in total. The molecule has 0 aliphatic rings. The lowest BCUT2D eigenvalue weighted by molar-refractivity contribution is 1.38. The van der Waals surface area contributed by atoms with Crippen molar-refractivity contribution in [3.63, 3.8) is 0 Å². The van der Waals surface area contributed by atoms with E-state index >= 15 is 0 Å². The maximum Gasteiger partial charge on any atom is 0.0509 e. The second kappa shape index (κ2) is 3.14. The van der Waals surface area contributed by atoms with E-state index in [-0.39, 0.29) is 0 Å². The molecule has 2 rings (SSSR count). The summed E-state index contributed by atoms with van der Waals surface area (Å²) in [6.45, 7) is 4.21. The molecule has 0 spiro atoms. The highest BCUT2D eigenvalue weighted by atomic mass is 79.9. The lowest BCUT2D eigenvalue weighted by Gasteiger charge is -2.03. The standard InChI is InChI=1S/C10H9Br2N/c1-5-4-13-10-6(2)7(11)3-8(12)9(5)10/h3-4,13H,1-2H3. The van der Waals surface area contributed by atoms with Crippen molar-refractivity contribution in [3.8, 4) is 0 Å². The number of nitrogens with one attached hydrogen (secondary N) is 1. The normalized spacial score (nSPS) is 11.1. The highest BCUT2D eigenvalue weighted by molar-refractivity contribution is 9.11. The van der Waals surface area contributed by atoms with Gasteiger partial charge in [0.1, 0.15) is 0 Å². The topological polar surface area (TPSA) is 15.8 Å². The molecule has 0 aliphatic carbocycles. The summed E-state index contributed by atoms with van der Waals surface area (Å²) in [5.41, 5.74) is 3.74. The van der Waals surface area contributed by atoms with Crippen molar-refractivity contribution in [3.05, 3.63) is 32.3 Å². The molecule has 1 nitrogen and oxygen atoms in total. The molecular formula is C10H9Br2N. The van der Waals surface area contributed by atoms with Gasteiger partial charge in [0.25, 0.3) is 0 Å². The molecule has 0 saturated carbocycles. The van der Waals surface area contributed by atoms with E-state index in [1.807, 2.05) is 6.20 Å². The van der Waals surface area contributed by atoms with E-state index < -0.39 is 0 Å². The van der Waals surface area contributed by atoms with Crippen LogP contribution in [0.1, 0.15) is 11.1 Å². The zero-order chi connectivity index (χ0) is 9.59. The highest BCUT2D eigenvalue weighted by Gasteiger charge is 2.08. The Morgan fingerprint density at radius 1 is 1.15 bits per heavy atom. The van der Waals surface area contributed by atoms with Crippen LogP contribution in [0, 0.1) is 13.8 Å². The number of aryl methyl sites for hydroxylation is 2. The van der Waals surface area contributed by atoms with Crippen LogP contribution in [0.4, 0.5) is 0 Å². The van der Waals surface area contributed by atoms with Crippen molar-refractivity contribution in [2.45, 2.75) is 13.8 Å². The SMILES string of the molecule is Cc1c(Br)cc(Br)c2c(C)c[nH]c12. The van der Waals surface area contributed by atoms with Gasteiger partial charge in [-0.15, -0.1) is 0 Å². The van der Waals surface area contributed by atoms with Gasteiger partial charge in [0, 0.05) is 20.5 Å². The molecule has 1 aromatic heterocycles. The van der Waals surface area contributed by atoms with E-state index in [1.54, 1.807) is 0 Å². The molecule has 0 aliphatic heterocycles. The zero-order valence-corrected chi connectivity index (χ0v) is 10.6. The number of fused-ring (bicyclic) bond motifs is 1. The van der Waals surface area contributed by atoms with E-state index in [2.05, 4.69) is 56.8 Å². The monoisotopic (exact) mass is 301 g/mol. The Balaban J connectivity index is 2.99. The van der Waals surface area contributed by atoms with Crippen LogP contribution in [0.5, 0.6) is 0 Å². The first-order chi connectivity index (χ1) is 6.11. The minimum absolute atomic E-state index is 1.13. The van der Waals surface area contributed by atoms with Crippen LogP contribution in [0.2, 0.25) is 0 Å². The predicted octanol–water partition coefficient (Wildman–Crippen LogP) is 4.31.